The van der Waals surface area contributed by atoms with E-state index in [-0.39, 0.29) is 33.3 Å². The van der Waals surface area contributed by atoms with Gasteiger partial charge < -0.3 is 10.6 Å². The summed E-state index contributed by atoms with van der Waals surface area (Å²) in [4.78, 5) is 24.5. The van der Waals surface area contributed by atoms with E-state index < -0.39 is 10.0 Å². The molecule has 0 radical (unpaired) electrons. The van der Waals surface area contributed by atoms with Crippen molar-refractivity contribution < 1.29 is 18.0 Å². The molecule has 0 aliphatic carbocycles. The molecule has 2 amide bonds. The summed E-state index contributed by atoms with van der Waals surface area (Å²) in [5.41, 5.74) is 1.42. The summed E-state index contributed by atoms with van der Waals surface area (Å²) in [7, 11) is -3.66. The Morgan fingerprint density at radius 2 is 1.78 bits per heavy atom. The lowest BCUT2D eigenvalue weighted by atomic mass is 10.0. The molecule has 2 saturated heterocycles. The lowest BCUT2D eigenvalue weighted by Gasteiger charge is -2.19. The molecule has 9 heteroatoms. The van der Waals surface area contributed by atoms with Gasteiger partial charge in [-0.05, 0) is 59.0 Å². The molecule has 0 bridgehead atoms. The standard InChI is InChI=1S/C27H27N3O4S2/c1-2-25(31)29-26-14-21-16-30(17-24(21)35-26)36(33,34)22-12-10-19(11-13-22)27(32)28-15-20-8-5-7-18-6-3-4-9-23(18)20/h2-13,21,24,26H,1,14-17H2,(H,28,32)(H,29,31). The van der Waals surface area contributed by atoms with Crippen LogP contribution in [0.25, 0.3) is 10.8 Å². The van der Waals surface area contributed by atoms with Crippen LogP contribution in [0.5, 0.6) is 0 Å². The molecule has 7 nitrogen and oxygen atoms in total. The van der Waals surface area contributed by atoms with Gasteiger partial charge in [-0.1, -0.05) is 49.0 Å². The van der Waals surface area contributed by atoms with Crippen LogP contribution in [0.4, 0.5) is 0 Å². The molecule has 2 aliphatic rings. The van der Waals surface area contributed by atoms with Gasteiger partial charge in [-0.15, -0.1) is 11.8 Å². The van der Waals surface area contributed by atoms with Gasteiger partial charge in [-0.2, -0.15) is 4.31 Å². The summed E-state index contributed by atoms with van der Waals surface area (Å²) in [6.07, 6.45) is 1.98. The molecular formula is C27H27N3O4S2. The van der Waals surface area contributed by atoms with Gasteiger partial charge in [0.05, 0.1) is 10.3 Å². The van der Waals surface area contributed by atoms with Gasteiger partial charge >= 0.3 is 0 Å². The number of benzene rings is 3. The van der Waals surface area contributed by atoms with Crippen LogP contribution in [0.3, 0.4) is 0 Å². The molecule has 3 aromatic carbocycles. The second kappa shape index (κ2) is 10.1. The summed E-state index contributed by atoms with van der Waals surface area (Å²) >= 11 is 1.61. The van der Waals surface area contributed by atoms with Gasteiger partial charge in [0.2, 0.25) is 15.9 Å². The van der Waals surface area contributed by atoms with E-state index >= 15 is 0 Å². The highest BCUT2D eigenvalue weighted by Gasteiger charge is 2.45. The Labute approximate surface area is 215 Å². The Balaban J connectivity index is 1.20. The Kier molecular flexibility index (Phi) is 6.87. The maximum Gasteiger partial charge on any atom is 0.251 e. The van der Waals surface area contributed by atoms with Crippen molar-refractivity contribution in [1.82, 2.24) is 14.9 Å². The normalized spacial score (nSPS) is 21.7. The van der Waals surface area contributed by atoms with E-state index in [2.05, 4.69) is 17.2 Å². The number of amides is 2. The van der Waals surface area contributed by atoms with Crippen molar-refractivity contribution in [3.63, 3.8) is 0 Å². The Morgan fingerprint density at radius 3 is 2.53 bits per heavy atom. The van der Waals surface area contributed by atoms with Crippen molar-refractivity contribution in [2.75, 3.05) is 13.1 Å². The van der Waals surface area contributed by atoms with Gasteiger partial charge in [0.15, 0.2) is 0 Å². The summed E-state index contributed by atoms with van der Waals surface area (Å²) in [5, 5.41) is 8.15. The number of nitrogens with one attached hydrogen (secondary N) is 2. The largest absolute Gasteiger partial charge is 0.348 e. The van der Waals surface area contributed by atoms with Crippen molar-refractivity contribution in [1.29, 1.82) is 0 Å². The van der Waals surface area contributed by atoms with Gasteiger partial charge in [-0.25, -0.2) is 8.42 Å². The van der Waals surface area contributed by atoms with Crippen molar-refractivity contribution in [3.8, 4) is 0 Å². The van der Waals surface area contributed by atoms with Gasteiger partial charge in [0.1, 0.15) is 0 Å². The predicted molar refractivity (Wildman–Crippen MR) is 142 cm³/mol. The number of sulfonamides is 1. The minimum Gasteiger partial charge on any atom is -0.348 e. The average Bonchev–Trinajstić information content (AvgIpc) is 3.46. The van der Waals surface area contributed by atoms with Crippen LogP contribution in [0.15, 0.2) is 84.3 Å². The molecule has 0 saturated carbocycles. The number of carbonyl (C=O) groups is 2. The first kappa shape index (κ1) is 24.5. The zero-order valence-electron chi connectivity index (χ0n) is 19.6. The summed E-state index contributed by atoms with van der Waals surface area (Å²) in [6.45, 7) is 4.68. The number of carbonyl (C=O) groups excluding carboxylic acids is 2. The number of thioether (sulfide) groups is 1. The highest BCUT2D eigenvalue weighted by atomic mass is 32.2. The number of hydrogen-bond donors (Lipinski definition) is 2. The maximum atomic E-state index is 13.2. The van der Waals surface area contributed by atoms with E-state index in [4.69, 9.17) is 0 Å². The highest BCUT2D eigenvalue weighted by Crippen LogP contribution is 2.43. The van der Waals surface area contributed by atoms with Crippen molar-refractivity contribution in [2.24, 2.45) is 5.92 Å². The molecule has 2 heterocycles. The topological polar surface area (TPSA) is 95.6 Å². The van der Waals surface area contributed by atoms with Crippen molar-refractivity contribution in [3.05, 3.63) is 90.5 Å². The number of fused-ring (bicyclic) bond motifs is 2. The Hall–Kier alpha value is -3.14. The SMILES string of the molecule is C=CC(=O)NC1CC2CN(S(=O)(=O)c3ccc(C(=O)NCc4cccc5ccccc45)cc3)CC2S1. The quantitative estimate of drug-likeness (QED) is 0.464. The molecule has 186 valence electrons. The van der Waals surface area contributed by atoms with E-state index in [1.807, 2.05) is 42.5 Å². The van der Waals surface area contributed by atoms with Gasteiger partial charge in [0.25, 0.3) is 5.91 Å². The number of rotatable bonds is 7. The molecule has 36 heavy (non-hydrogen) atoms. The van der Waals surface area contributed by atoms with Crippen molar-refractivity contribution in [2.45, 2.75) is 28.5 Å². The Morgan fingerprint density at radius 1 is 1.03 bits per heavy atom. The number of hydrogen-bond acceptors (Lipinski definition) is 5. The van der Waals surface area contributed by atoms with Crippen LogP contribution < -0.4 is 10.6 Å². The molecular weight excluding hydrogens is 494 g/mol. The van der Waals surface area contributed by atoms with Crippen LogP contribution in [-0.4, -0.2) is 48.3 Å². The monoisotopic (exact) mass is 521 g/mol. The van der Waals surface area contributed by atoms with E-state index in [1.165, 1.54) is 22.5 Å². The lowest BCUT2D eigenvalue weighted by Crippen LogP contribution is -2.33. The van der Waals surface area contributed by atoms with Crippen LogP contribution in [0.1, 0.15) is 22.3 Å². The highest BCUT2D eigenvalue weighted by molar-refractivity contribution is 8.00. The maximum absolute atomic E-state index is 13.2. The fourth-order valence-corrected chi connectivity index (χ4v) is 8.15. The van der Waals surface area contributed by atoms with E-state index in [0.717, 1.165) is 22.8 Å². The fourth-order valence-electron chi connectivity index (χ4n) is 4.88. The summed E-state index contributed by atoms with van der Waals surface area (Å²) in [5.74, 6) is -0.274. The first-order valence-electron chi connectivity index (χ1n) is 11.8. The van der Waals surface area contributed by atoms with Crippen molar-refractivity contribution >= 4 is 44.4 Å². The third kappa shape index (κ3) is 4.91. The molecule has 5 rings (SSSR count). The average molecular weight is 522 g/mol. The summed E-state index contributed by atoms with van der Waals surface area (Å²) in [6, 6.07) is 20.1. The Bertz CT molecular complexity index is 1400. The first-order chi connectivity index (χ1) is 17.3. The fraction of sp³-hybridized carbons (Fsp3) is 0.259. The zero-order chi connectivity index (χ0) is 25.3. The molecule has 3 atom stereocenters. The van der Waals surface area contributed by atoms with Crippen LogP contribution >= 0.6 is 11.8 Å². The van der Waals surface area contributed by atoms with Crippen LogP contribution in [0, 0.1) is 5.92 Å². The molecule has 3 aromatic rings. The van der Waals surface area contributed by atoms with Gasteiger partial charge in [-0.3, -0.25) is 9.59 Å². The molecule has 0 aromatic heterocycles. The molecule has 2 fully saturated rings. The van der Waals surface area contributed by atoms with E-state index in [0.29, 0.717) is 25.2 Å². The second-order valence-electron chi connectivity index (χ2n) is 9.04. The first-order valence-corrected chi connectivity index (χ1v) is 14.2. The van der Waals surface area contributed by atoms with Crippen LogP contribution in [-0.2, 0) is 21.4 Å². The summed E-state index contributed by atoms with van der Waals surface area (Å²) < 4.78 is 28.0. The predicted octanol–water partition coefficient (Wildman–Crippen LogP) is 3.52. The zero-order valence-corrected chi connectivity index (χ0v) is 21.2. The van der Waals surface area contributed by atoms with E-state index in [9.17, 15) is 18.0 Å². The molecule has 2 N–H and O–H groups in total. The third-order valence-electron chi connectivity index (χ3n) is 6.77. The molecule has 0 spiro atoms. The van der Waals surface area contributed by atoms with Gasteiger partial charge in [0, 0.05) is 30.4 Å². The lowest BCUT2D eigenvalue weighted by molar-refractivity contribution is -0.116. The smallest absolute Gasteiger partial charge is 0.251 e. The second-order valence-corrected chi connectivity index (χ2v) is 12.4. The van der Waals surface area contributed by atoms with E-state index in [1.54, 1.807) is 23.9 Å². The molecule has 3 unspecified atom stereocenters. The van der Waals surface area contributed by atoms with Crippen LogP contribution in [0.2, 0.25) is 0 Å². The minimum atomic E-state index is -3.66. The third-order valence-corrected chi connectivity index (χ3v) is 10.1. The minimum absolute atomic E-state index is 0.0120. The number of nitrogens with zero attached hydrogens (tertiary/aromatic N) is 1. The molecule has 2 aliphatic heterocycles.